The van der Waals surface area contributed by atoms with Gasteiger partial charge in [0.2, 0.25) is 0 Å². The molecule has 0 aliphatic heterocycles. The van der Waals surface area contributed by atoms with Gasteiger partial charge in [0.05, 0.1) is 0 Å². The Morgan fingerprint density at radius 1 is 1.25 bits per heavy atom. The minimum atomic E-state index is -0.289. The maximum atomic E-state index is 13.9. The summed E-state index contributed by atoms with van der Waals surface area (Å²) < 4.78 is 14.8. The number of hydrogen-bond donors (Lipinski definition) is 1. The van der Waals surface area contributed by atoms with E-state index in [1.807, 2.05) is 25.2 Å². The van der Waals surface area contributed by atoms with E-state index in [1.54, 1.807) is 12.1 Å². The Balaban J connectivity index is 2.34. The Kier molecular flexibility index (Phi) is 5.44. The van der Waals surface area contributed by atoms with E-state index in [4.69, 9.17) is 23.2 Å². The zero-order valence-electron chi connectivity index (χ0n) is 10.8. The van der Waals surface area contributed by atoms with Crippen LogP contribution in [0.4, 0.5) is 4.39 Å². The van der Waals surface area contributed by atoms with Crippen molar-refractivity contribution in [2.75, 3.05) is 7.05 Å². The predicted molar refractivity (Wildman–Crippen MR) is 86.1 cm³/mol. The molecule has 0 saturated heterocycles. The van der Waals surface area contributed by atoms with Gasteiger partial charge in [0.25, 0.3) is 0 Å². The first-order valence-corrected chi connectivity index (χ1v) is 7.63. The van der Waals surface area contributed by atoms with Crippen molar-refractivity contribution in [2.24, 2.45) is 0 Å². The predicted octanol–water partition coefficient (Wildman–Crippen LogP) is 5.40. The fourth-order valence-corrected chi connectivity index (χ4v) is 3.28. The van der Waals surface area contributed by atoms with Crippen molar-refractivity contribution >= 4 is 39.1 Å². The standard InChI is InChI=1S/C15H13BrCl2FN/c1-20-15(10-6-5-9(17)7-12(10)16)8-11-13(18)3-2-4-14(11)19/h2-7,15,20H,8H2,1H3. The van der Waals surface area contributed by atoms with E-state index in [1.165, 1.54) is 6.07 Å². The van der Waals surface area contributed by atoms with Crippen LogP contribution in [0, 0.1) is 5.82 Å². The smallest absolute Gasteiger partial charge is 0.127 e. The Hall–Kier alpha value is -0.610. The fraction of sp³-hybridized carbons (Fsp3) is 0.200. The second-order valence-corrected chi connectivity index (χ2v) is 6.11. The van der Waals surface area contributed by atoms with Crippen LogP contribution in [-0.4, -0.2) is 7.05 Å². The zero-order chi connectivity index (χ0) is 14.7. The summed E-state index contributed by atoms with van der Waals surface area (Å²) in [6, 6.07) is 10.2. The lowest BCUT2D eigenvalue weighted by Gasteiger charge is -2.19. The largest absolute Gasteiger partial charge is 0.313 e. The molecule has 2 rings (SSSR count). The lowest BCUT2D eigenvalue weighted by molar-refractivity contribution is 0.553. The lowest BCUT2D eigenvalue weighted by Crippen LogP contribution is -2.20. The first kappa shape index (κ1) is 15.8. The summed E-state index contributed by atoms with van der Waals surface area (Å²) in [6.07, 6.45) is 0.461. The maximum absolute atomic E-state index is 13.9. The molecule has 20 heavy (non-hydrogen) atoms. The van der Waals surface area contributed by atoms with Crippen LogP contribution in [-0.2, 0) is 6.42 Å². The van der Waals surface area contributed by atoms with Crippen LogP contribution in [0.5, 0.6) is 0 Å². The highest BCUT2D eigenvalue weighted by Gasteiger charge is 2.17. The highest BCUT2D eigenvalue weighted by atomic mass is 79.9. The number of rotatable bonds is 4. The first-order valence-electron chi connectivity index (χ1n) is 6.08. The molecule has 0 aliphatic carbocycles. The highest BCUT2D eigenvalue weighted by molar-refractivity contribution is 9.10. The van der Waals surface area contributed by atoms with Gasteiger partial charge in [0.1, 0.15) is 5.82 Å². The van der Waals surface area contributed by atoms with E-state index < -0.39 is 0 Å². The van der Waals surface area contributed by atoms with Crippen LogP contribution in [0.15, 0.2) is 40.9 Å². The molecule has 0 radical (unpaired) electrons. The van der Waals surface area contributed by atoms with Gasteiger partial charge in [-0.25, -0.2) is 4.39 Å². The summed E-state index contributed by atoms with van der Waals surface area (Å²) in [5.74, 6) is -0.289. The van der Waals surface area contributed by atoms with E-state index in [2.05, 4.69) is 21.2 Å². The minimum absolute atomic E-state index is 0.0592. The van der Waals surface area contributed by atoms with Crippen molar-refractivity contribution in [1.82, 2.24) is 5.32 Å². The molecule has 0 heterocycles. The number of likely N-dealkylation sites (N-methyl/N-ethyl adjacent to an activating group) is 1. The molecule has 0 bridgehead atoms. The van der Waals surface area contributed by atoms with E-state index in [9.17, 15) is 4.39 Å². The van der Waals surface area contributed by atoms with Crippen LogP contribution in [0.1, 0.15) is 17.2 Å². The molecule has 1 unspecified atom stereocenters. The molecule has 0 fully saturated rings. The molecule has 1 N–H and O–H groups in total. The number of nitrogens with one attached hydrogen (secondary N) is 1. The van der Waals surface area contributed by atoms with Crippen LogP contribution in [0.2, 0.25) is 10.0 Å². The molecule has 0 aliphatic rings. The number of benzene rings is 2. The van der Waals surface area contributed by atoms with Gasteiger partial charge in [-0.3, -0.25) is 0 Å². The average Bonchev–Trinajstić information content (AvgIpc) is 2.40. The lowest BCUT2D eigenvalue weighted by atomic mass is 9.98. The second kappa shape index (κ2) is 6.90. The summed E-state index contributed by atoms with van der Waals surface area (Å²) in [7, 11) is 1.83. The van der Waals surface area contributed by atoms with Gasteiger partial charge in [-0.2, -0.15) is 0 Å². The van der Waals surface area contributed by atoms with Crippen LogP contribution in [0.3, 0.4) is 0 Å². The third-order valence-corrected chi connectivity index (χ3v) is 4.43. The van der Waals surface area contributed by atoms with E-state index in [-0.39, 0.29) is 11.9 Å². The van der Waals surface area contributed by atoms with Crippen molar-refractivity contribution in [3.8, 4) is 0 Å². The molecule has 1 nitrogen and oxygen atoms in total. The molecule has 1 atom stereocenters. The Morgan fingerprint density at radius 2 is 2.00 bits per heavy atom. The third kappa shape index (κ3) is 3.53. The first-order chi connectivity index (χ1) is 9.52. The molecule has 5 heteroatoms. The summed E-state index contributed by atoms with van der Waals surface area (Å²) in [4.78, 5) is 0. The van der Waals surface area contributed by atoms with Gasteiger partial charge in [-0.15, -0.1) is 0 Å². The molecular weight excluding hydrogens is 364 g/mol. The van der Waals surface area contributed by atoms with Crippen molar-refractivity contribution < 1.29 is 4.39 Å². The second-order valence-electron chi connectivity index (χ2n) is 4.41. The molecule has 0 aromatic heterocycles. The fourth-order valence-electron chi connectivity index (χ4n) is 2.08. The van der Waals surface area contributed by atoms with Crippen molar-refractivity contribution in [3.05, 3.63) is 67.9 Å². The molecule has 106 valence electrons. The van der Waals surface area contributed by atoms with Gasteiger partial charge >= 0.3 is 0 Å². The van der Waals surface area contributed by atoms with Crippen LogP contribution in [0.25, 0.3) is 0 Å². The van der Waals surface area contributed by atoms with Crippen LogP contribution < -0.4 is 5.32 Å². The molecule has 0 spiro atoms. The topological polar surface area (TPSA) is 12.0 Å². The molecule has 2 aromatic rings. The van der Waals surface area contributed by atoms with E-state index in [0.717, 1.165) is 10.0 Å². The normalized spacial score (nSPS) is 12.4. The van der Waals surface area contributed by atoms with Crippen LogP contribution >= 0.6 is 39.1 Å². The van der Waals surface area contributed by atoms with Gasteiger partial charge < -0.3 is 5.32 Å². The SMILES string of the molecule is CNC(Cc1c(F)cccc1Cl)c1ccc(Cl)cc1Br. The Labute approximate surface area is 136 Å². The quantitative estimate of drug-likeness (QED) is 0.753. The summed E-state index contributed by atoms with van der Waals surface area (Å²) in [5, 5.41) is 4.28. The third-order valence-electron chi connectivity index (χ3n) is 3.16. The van der Waals surface area contributed by atoms with E-state index in [0.29, 0.717) is 22.0 Å². The number of hydrogen-bond acceptors (Lipinski definition) is 1. The summed E-state index contributed by atoms with van der Waals surface area (Å²) in [5.41, 5.74) is 1.52. The average molecular weight is 377 g/mol. The monoisotopic (exact) mass is 375 g/mol. The minimum Gasteiger partial charge on any atom is -0.313 e. The maximum Gasteiger partial charge on any atom is 0.127 e. The molecular formula is C15H13BrCl2FN. The van der Waals surface area contributed by atoms with Gasteiger partial charge in [0, 0.05) is 26.1 Å². The van der Waals surface area contributed by atoms with E-state index >= 15 is 0 Å². The molecule has 0 amide bonds. The molecule has 0 saturated carbocycles. The van der Waals surface area contributed by atoms with Gasteiger partial charge in [-0.1, -0.05) is 51.3 Å². The number of halogens is 4. The molecule has 2 aromatic carbocycles. The summed E-state index contributed by atoms with van der Waals surface area (Å²) >= 11 is 15.5. The highest BCUT2D eigenvalue weighted by Crippen LogP contribution is 2.31. The Morgan fingerprint density at radius 3 is 2.60 bits per heavy atom. The van der Waals surface area contributed by atoms with Crippen molar-refractivity contribution in [2.45, 2.75) is 12.5 Å². The van der Waals surface area contributed by atoms with Gasteiger partial charge in [-0.05, 0) is 43.3 Å². The zero-order valence-corrected chi connectivity index (χ0v) is 13.9. The van der Waals surface area contributed by atoms with Gasteiger partial charge in [0.15, 0.2) is 0 Å². The Bertz CT molecular complexity index is 599. The van der Waals surface area contributed by atoms with Crippen molar-refractivity contribution in [1.29, 1.82) is 0 Å². The van der Waals surface area contributed by atoms with Crippen molar-refractivity contribution in [3.63, 3.8) is 0 Å². The summed E-state index contributed by atoms with van der Waals surface area (Å²) in [6.45, 7) is 0.